The van der Waals surface area contributed by atoms with Crippen molar-refractivity contribution in [3.05, 3.63) is 0 Å². The smallest absolute Gasteiger partial charge is 0.147 e. The molecule has 0 aliphatic carbocycles. The van der Waals surface area contributed by atoms with Crippen LogP contribution in [0, 0.1) is 0 Å². The monoisotopic (exact) mass is 122 g/mol. The third kappa shape index (κ3) is 6.27. The van der Waals surface area contributed by atoms with Crippen molar-refractivity contribution < 1.29 is 9.47 Å². The first-order valence-electron chi connectivity index (χ1n) is 2.06. The highest BCUT2D eigenvalue weighted by atomic mass is 32.1. The largest absolute Gasteiger partial charge is 0.359 e. The molecule has 0 spiro atoms. The van der Waals surface area contributed by atoms with E-state index in [1.165, 1.54) is 0 Å². The zero-order chi connectivity index (χ0) is 5.70. The molecular formula is C4H10O2S. The van der Waals surface area contributed by atoms with Crippen molar-refractivity contribution >= 4 is 12.6 Å². The number of methoxy groups -OCH3 is 1. The SMILES string of the molecule is COCOC(C)S. The average molecular weight is 122 g/mol. The predicted octanol–water partition coefficient (Wildman–Crippen LogP) is 0.883. The molecule has 0 radical (unpaired) electrons. The maximum absolute atomic E-state index is 4.83. The Morgan fingerprint density at radius 1 is 1.71 bits per heavy atom. The molecule has 0 rings (SSSR count). The standard InChI is InChI=1S/C4H10O2S/c1-4(7)6-3-5-2/h4,7H,3H2,1-2H3. The molecule has 1 atom stereocenters. The lowest BCUT2D eigenvalue weighted by Crippen LogP contribution is -2.01. The van der Waals surface area contributed by atoms with Crippen LogP contribution in [0.2, 0.25) is 0 Å². The lowest BCUT2D eigenvalue weighted by atomic mass is 10.9. The summed E-state index contributed by atoms with van der Waals surface area (Å²) in [6.07, 6.45) is 0. The second-order valence-electron chi connectivity index (χ2n) is 1.17. The zero-order valence-electron chi connectivity index (χ0n) is 4.55. The number of rotatable bonds is 3. The van der Waals surface area contributed by atoms with Crippen LogP contribution in [0.3, 0.4) is 0 Å². The Morgan fingerprint density at radius 3 is 2.43 bits per heavy atom. The third-order valence-corrected chi connectivity index (χ3v) is 0.576. The van der Waals surface area contributed by atoms with E-state index >= 15 is 0 Å². The molecule has 0 saturated heterocycles. The maximum atomic E-state index is 4.83. The number of ether oxygens (including phenoxy) is 2. The molecule has 0 N–H and O–H groups in total. The molecule has 0 heterocycles. The van der Waals surface area contributed by atoms with E-state index in [0.717, 1.165) is 0 Å². The fourth-order valence-electron chi connectivity index (χ4n) is 0.167. The van der Waals surface area contributed by atoms with Crippen LogP contribution < -0.4 is 0 Å². The number of thiol groups is 1. The first-order chi connectivity index (χ1) is 3.27. The fourth-order valence-corrected chi connectivity index (χ4v) is 0.227. The summed E-state index contributed by atoms with van der Waals surface area (Å²) in [7, 11) is 1.58. The molecule has 0 fully saturated rings. The van der Waals surface area contributed by atoms with Gasteiger partial charge in [-0.25, -0.2) is 0 Å². The maximum Gasteiger partial charge on any atom is 0.147 e. The van der Waals surface area contributed by atoms with Gasteiger partial charge in [-0.05, 0) is 6.92 Å². The van der Waals surface area contributed by atoms with E-state index in [1.807, 2.05) is 6.92 Å². The lowest BCUT2D eigenvalue weighted by Gasteiger charge is -2.02. The van der Waals surface area contributed by atoms with E-state index in [9.17, 15) is 0 Å². The van der Waals surface area contributed by atoms with E-state index in [2.05, 4.69) is 17.4 Å². The van der Waals surface area contributed by atoms with Crippen LogP contribution in [0.4, 0.5) is 0 Å². The Morgan fingerprint density at radius 2 is 2.29 bits per heavy atom. The molecule has 0 aromatic heterocycles. The first kappa shape index (κ1) is 7.27. The highest BCUT2D eigenvalue weighted by Gasteiger charge is 1.88. The summed E-state index contributed by atoms with van der Waals surface area (Å²) in [6, 6.07) is 0. The van der Waals surface area contributed by atoms with E-state index < -0.39 is 0 Å². The van der Waals surface area contributed by atoms with Gasteiger partial charge in [-0.1, -0.05) is 0 Å². The molecule has 0 bridgehead atoms. The molecule has 0 aromatic carbocycles. The molecule has 0 amide bonds. The third-order valence-electron chi connectivity index (χ3n) is 0.427. The van der Waals surface area contributed by atoms with Gasteiger partial charge >= 0.3 is 0 Å². The van der Waals surface area contributed by atoms with E-state index in [-0.39, 0.29) is 5.44 Å². The summed E-state index contributed by atoms with van der Waals surface area (Å²) in [5.41, 5.74) is -0.0278. The summed E-state index contributed by atoms with van der Waals surface area (Å²) < 4.78 is 9.41. The molecule has 7 heavy (non-hydrogen) atoms. The minimum atomic E-state index is -0.0278. The number of hydrogen-bond acceptors (Lipinski definition) is 3. The Balaban J connectivity index is 2.68. The van der Waals surface area contributed by atoms with Gasteiger partial charge in [0, 0.05) is 7.11 Å². The van der Waals surface area contributed by atoms with Gasteiger partial charge in [0.1, 0.15) is 6.79 Å². The van der Waals surface area contributed by atoms with Gasteiger partial charge in [-0.3, -0.25) is 0 Å². The molecule has 1 unspecified atom stereocenters. The van der Waals surface area contributed by atoms with Crippen LogP contribution in [0.1, 0.15) is 6.92 Å². The highest BCUT2D eigenvalue weighted by Crippen LogP contribution is 1.92. The molecule has 44 valence electrons. The summed E-state index contributed by atoms with van der Waals surface area (Å²) in [5, 5.41) is 0. The quantitative estimate of drug-likeness (QED) is 0.442. The summed E-state index contributed by atoms with van der Waals surface area (Å²) in [5.74, 6) is 0. The Hall–Kier alpha value is 0.270. The van der Waals surface area contributed by atoms with Gasteiger partial charge in [0.15, 0.2) is 0 Å². The molecular weight excluding hydrogens is 112 g/mol. The topological polar surface area (TPSA) is 18.5 Å². The highest BCUT2D eigenvalue weighted by molar-refractivity contribution is 7.80. The molecule has 0 saturated carbocycles. The van der Waals surface area contributed by atoms with E-state index in [0.29, 0.717) is 6.79 Å². The second-order valence-corrected chi connectivity index (χ2v) is 1.90. The van der Waals surface area contributed by atoms with Crippen LogP contribution in [0.25, 0.3) is 0 Å². The number of hydrogen-bond donors (Lipinski definition) is 1. The van der Waals surface area contributed by atoms with Crippen LogP contribution in [0.15, 0.2) is 0 Å². The minimum absolute atomic E-state index is 0.0278. The van der Waals surface area contributed by atoms with Crippen molar-refractivity contribution in [1.29, 1.82) is 0 Å². The van der Waals surface area contributed by atoms with Crippen molar-refractivity contribution in [2.45, 2.75) is 12.4 Å². The Labute approximate surface area is 49.2 Å². The predicted molar refractivity (Wildman–Crippen MR) is 31.4 cm³/mol. The summed E-state index contributed by atoms with van der Waals surface area (Å²) in [4.78, 5) is 0. The van der Waals surface area contributed by atoms with Gasteiger partial charge in [0.2, 0.25) is 0 Å². The van der Waals surface area contributed by atoms with Gasteiger partial charge in [-0.2, -0.15) is 0 Å². The molecule has 2 nitrogen and oxygen atoms in total. The Bertz CT molecular complexity index is 38.7. The first-order valence-corrected chi connectivity index (χ1v) is 2.57. The molecule has 3 heteroatoms. The zero-order valence-corrected chi connectivity index (χ0v) is 5.44. The van der Waals surface area contributed by atoms with Crippen molar-refractivity contribution in [2.75, 3.05) is 13.9 Å². The van der Waals surface area contributed by atoms with Gasteiger partial charge < -0.3 is 9.47 Å². The van der Waals surface area contributed by atoms with E-state index in [4.69, 9.17) is 4.74 Å². The molecule has 0 aliphatic heterocycles. The van der Waals surface area contributed by atoms with Crippen molar-refractivity contribution in [1.82, 2.24) is 0 Å². The van der Waals surface area contributed by atoms with Crippen LogP contribution >= 0.6 is 12.6 Å². The molecule has 0 aliphatic rings. The normalized spacial score (nSPS) is 14.1. The fraction of sp³-hybridized carbons (Fsp3) is 1.00. The van der Waals surface area contributed by atoms with Crippen LogP contribution in [-0.4, -0.2) is 19.3 Å². The van der Waals surface area contributed by atoms with E-state index in [1.54, 1.807) is 7.11 Å². The lowest BCUT2D eigenvalue weighted by molar-refractivity contribution is -0.0359. The van der Waals surface area contributed by atoms with Gasteiger partial charge in [0.05, 0.1) is 5.44 Å². The van der Waals surface area contributed by atoms with Crippen molar-refractivity contribution in [2.24, 2.45) is 0 Å². The van der Waals surface area contributed by atoms with Gasteiger partial charge in [-0.15, -0.1) is 12.6 Å². The summed E-state index contributed by atoms with van der Waals surface area (Å²) >= 11 is 3.93. The van der Waals surface area contributed by atoms with Gasteiger partial charge in [0.25, 0.3) is 0 Å². The van der Waals surface area contributed by atoms with Crippen molar-refractivity contribution in [3.8, 4) is 0 Å². The summed E-state index contributed by atoms with van der Waals surface area (Å²) in [6.45, 7) is 2.16. The van der Waals surface area contributed by atoms with Crippen LogP contribution in [-0.2, 0) is 9.47 Å². The molecule has 0 aromatic rings. The van der Waals surface area contributed by atoms with Crippen molar-refractivity contribution in [3.63, 3.8) is 0 Å². The Kier molecular flexibility index (Phi) is 4.60. The second kappa shape index (κ2) is 4.43. The average Bonchev–Trinajstić information content (AvgIpc) is 1.61. The van der Waals surface area contributed by atoms with Crippen LogP contribution in [0.5, 0.6) is 0 Å². The minimum Gasteiger partial charge on any atom is -0.359 e.